The van der Waals surface area contributed by atoms with E-state index in [2.05, 4.69) is 4.74 Å². The highest BCUT2D eigenvalue weighted by Crippen LogP contribution is 2.27. The molecule has 0 amide bonds. The molecule has 0 aliphatic rings. The topological polar surface area (TPSA) is 35.5 Å². The van der Waals surface area contributed by atoms with Gasteiger partial charge in [-0.1, -0.05) is 11.6 Å². The molecule has 3 nitrogen and oxygen atoms in total. The summed E-state index contributed by atoms with van der Waals surface area (Å²) < 4.78 is 23.1. The molecule has 0 N–H and O–H groups in total. The van der Waals surface area contributed by atoms with Crippen molar-refractivity contribution < 1.29 is 18.7 Å². The number of carbonyl (C=O) groups excluding carboxylic acids is 1. The summed E-state index contributed by atoms with van der Waals surface area (Å²) in [5.41, 5.74) is 0.467. The lowest BCUT2D eigenvalue weighted by Gasteiger charge is -2.08. The fourth-order valence-corrected chi connectivity index (χ4v) is 1.63. The molecule has 6 heteroatoms. The van der Waals surface area contributed by atoms with Crippen molar-refractivity contribution in [1.29, 1.82) is 0 Å². The van der Waals surface area contributed by atoms with E-state index in [9.17, 15) is 9.18 Å². The Hall–Kier alpha value is -1.00. The number of alkyl halides is 1. The Morgan fingerprint density at radius 3 is 2.76 bits per heavy atom. The predicted octanol–water partition coefficient (Wildman–Crippen LogP) is 3.16. The van der Waals surface area contributed by atoms with Gasteiger partial charge in [-0.2, -0.15) is 0 Å². The van der Waals surface area contributed by atoms with Crippen molar-refractivity contribution in [3.8, 4) is 5.75 Å². The largest absolute Gasteiger partial charge is 0.479 e. The summed E-state index contributed by atoms with van der Waals surface area (Å²) in [6.07, 6.45) is 0. The number of hydrogen-bond acceptors (Lipinski definition) is 3. The van der Waals surface area contributed by atoms with Crippen LogP contribution in [-0.2, 0) is 15.4 Å². The SMILES string of the molecule is CCOC(=O)COc1cc(Cl)c(CCl)cc1F. The first-order valence-electron chi connectivity index (χ1n) is 4.90. The average molecular weight is 281 g/mol. The highest BCUT2D eigenvalue weighted by Gasteiger charge is 2.11. The fraction of sp³-hybridized carbons (Fsp3) is 0.364. The number of carbonyl (C=O) groups is 1. The smallest absolute Gasteiger partial charge is 0.344 e. The van der Waals surface area contributed by atoms with Crippen LogP contribution in [0.4, 0.5) is 4.39 Å². The number of ether oxygens (including phenoxy) is 2. The molecule has 0 heterocycles. The van der Waals surface area contributed by atoms with E-state index in [1.807, 2.05) is 0 Å². The quantitative estimate of drug-likeness (QED) is 0.614. The normalized spacial score (nSPS) is 10.1. The van der Waals surface area contributed by atoms with Crippen molar-refractivity contribution >= 4 is 29.2 Å². The zero-order valence-electron chi connectivity index (χ0n) is 9.13. The maximum atomic E-state index is 13.5. The van der Waals surface area contributed by atoms with Crippen LogP contribution in [0.15, 0.2) is 12.1 Å². The average Bonchev–Trinajstić information content (AvgIpc) is 2.30. The predicted molar refractivity (Wildman–Crippen MR) is 63.1 cm³/mol. The molecule has 0 radical (unpaired) electrons. The van der Waals surface area contributed by atoms with Crippen molar-refractivity contribution in [2.24, 2.45) is 0 Å². The Morgan fingerprint density at radius 1 is 1.47 bits per heavy atom. The summed E-state index contributed by atoms with van der Waals surface area (Å²) in [6, 6.07) is 2.46. The standard InChI is InChI=1S/C11H11Cl2FO3/c1-2-16-11(15)6-17-10-4-8(13)7(5-12)3-9(10)14/h3-4H,2,5-6H2,1H3. The first-order chi connectivity index (χ1) is 8.08. The van der Waals surface area contributed by atoms with Crippen LogP contribution in [0.3, 0.4) is 0 Å². The van der Waals surface area contributed by atoms with Crippen LogP contribution < -0.4 is 4.74 Å². The van der Waals surface area contributed by atoms with Crippen LogP contribution in [0, 0.1) is 5.82 Å². The molecule has 0 unspecified atom stereocenters. The third kappa shape index (κ3) is 4.06. The minimum absolute atomic E-state index is 0.100. The highest BCUT2D eigenvalue weighted by molar-refractivity contribution is 6.32. The van der Waals surface area contributed by atoms with Gasteiger partial charge in [0, 0.05) is 17.0 Å². The second-order valence-electron chi connectivity index (χ2n) is 3.10. The molecule has 0 saturated carbocycles. The van der Waals surface area contributed by atoms with E-state index in [-0.39, 0.29) is 24.8 Å². The van der Waals surface area contributed by atoms with Gasteiger partial charge in [0.2, 0.25) is 0 Å². The number of esters is 1. The van der Waals surface area contributed by atoms with E-state index in [1.54, 1.807) is 6.92 Å². The first kappa shape index (κ1) is 14.1. The first-order valence-corrected chi connectivity index (χ1v) is 5.82. The Morgan fingerprint density at radius 2 is 2.18 bits per heavy atom. The molecule has 0 saturated heterocycles. The van der Waals surface area contributed by atoms with E-state index in [0.29, 0.717) is 10.6 Å². The Kier molecular flexibility index (Phi) is 5.51. The second-order valence-corrected chi connectivity index (χ2v) is 3.78. The van der Waals surface area contributed by atoms with Gasteiger partial charge < -0.3 is 9.47 Å². The number of rotatable bonds is 5. The molecule has 0 aliphatic carbocycles. The second kappa shape index (κ2) is 6.67. The van der Waals surface area contributed by atoms with Crippen molar-refractivity contribution in [2.75, 3.05) is 13.2 Å². The molecule has 94 valence electrons. The van der Waals surface area contributed by atoms with E-state index < -0.39 is 11.8 Å². The number of benzene rings is 1. The molecule has 1 rings (SSSR count). The van der Waals surface area contributed by atoms with Gasteiger partial charge in [-0.15, -0.1) is 11.6 Å². The molecule has 17 heavy (non-hydrogen) atoms. The van der Waals surface area contributed by atoms with Crippen molar-refractivity contribution in [2.45, 2.75) is 12.8 Å². The van der Waals surface area contributed by atoms with Crippen LogP contribution in [-0.4, -0.2) is 19.2 Å². The minimum Gasteiger partial charge on any atom is -0.479 e. The maximum Gasteiger partial charge on any atom is 0.344 e. The van der Waals surface area contributed by atoms with Crippen LogP contribution in [0.1, 0.15) is 12.5 Å². The summed E-state index contributed by atoms with van der Waals surface area (Å²) in [7, 11) is 0. The van der Waals surface area contributed by atoms with Crippen LogP contribution in [0.25, 0.3) is 0 Å². The van der Waals surface area contributed by atoms with Gasteiger partial charge in [0.1, 0.15) is 0 Å². The van der Waals surface area contributed by atoms with Crippen molar-refractivity contribution in [1.82, 2.24) is 0 Å². The monoisotopic (exact) mass is 280 g/mol. The molecule has 0 bridgehead atoms. The summed E-state index contributed by atoms with van der Waals surface area (Å²) >= 11 is 11.4. The van der Waals surface area contributed by atoms with Gasteiger partial charge in [-0.05, 0) is 18.6 Å². The van der Waals surface area contributed by atoms with Crippen LogP contribution in [0.2, 0.25) is 5.02 Å². The van der Waals surface area contributed by atoms with Gasteiger partial charge >= 0.3 is 5.97 Å². The van der Waals surface area contributed by atoms with Crippen molar-refractivity contribution in [3.05, 3.63) is 28.5 Å². The lowest BCUT2D eigenvalue weighted by atomic mass is 10.2. The molecule has 1 aromatic carbocycles. The zero-order valence-corrected chi connectivity index (χ0v) is 10.6. The molecular formula is C11H11Cl2FO3. The van der Waals surface area contributed by atoms with Crippen molar-refractivity contribution in [3.63, 3.8) is 0 Å². The molecule has 0 atom stereocenters. The lowest BCUT2D eigenvalue weighted by Crippen LogP contribution is -2.15. The van der Waals surface area contributed by atoms with Gasteiger partial charge in [0.05, 0.1) is 6.61 Å². The van der Waals surface area contributed by atoms with E-state index >= 15 is 0 Å². The Bertz CT molecular complexity index is 410. The third-order valence-corrected chi connectivity index (χ3v) is 2.54. The number of hydrogen-bond donors (Lipinski definition) is 0. The molecular weight excluding hydrogens is 270 g/mol. The van der Waals surface area contributed by atoms with Gasteiger partial charge in [-0.3, -0.25) is 0 Å². The van der Waals surface area contributed by atoms with E-state index in [0.717, 1.165) is 0 Å². The Balaban J connectivity index is 2.72. The Labute approximate surface area is 108 Å². The maximum absolute atomic E-state index is 13.5. The summed E-state index contributed by atoms with van der Waals surface area (Å²) in [5, 5.41) is 0.292. The van der Waals surface area contributed by atoms with Gasteiger partial charge in [0.15, 0.2) is 18.2 Å². The molecule has 0 aromatic heterocycles. The highest BCUT2D eigenvalue weighted by atomic mass is 35.5. The van der Waals surface area contributed by atoms with Crippen LogP contribution in [0.5, 0.6) is 5.75 Å². The fourth-order valence-electron chi connectivity index (χ4n) is 1.12. The van der Waals surface area contributed by atoms with E-state index in [4.69, 9.17) is 27.9 Å². The summed E-state index contributed by atoms with van der Waals surface area (Å²) in [4.78, 5) is 11.0. The van der Waals surface area contributed by atoms with Gasteiger partial charge in [0.25, 0.3) is 0 Å². The zero-order chi connectivity index (χ0) is 12.8. The third-order valence-electron chi connectivity index (χ3n) is 1.90. The lowest BCUT2D eigenvalue weighted by molar-refractivity contribution is -0.145. The molecule has 0 spiro atoms. The summed E-state index contributed by atoms with van der Waals surface area (Å²) in [6.45, 7) is 1.56. The number of halogens is 3. The van der Waals surface area contributed by atoms with Crippen LogP contribution >= 0.6 is 23.2 Å². The van der Waals surface area contributed by atoms with E-state index in [1.165, 1.54) is 12.1 Å². The molecule has 1 aromatic rings. The molecule has 0 aliphatic heterocycles. The van der Waals surface area contributed by atoms with Gasteiger partial charge in [-0.25, -0.2) is 9.18 Å². The summed E-state index contributed by atoms with van der Waals surface area (Å²) in [5.74, 6) is -1.18. The molecule has 0 fully saturated rings. The minimum atomic E-state index is -0.616.